The molecule has 0 aromatic rings. The molecule has 0 saturated carbocycles. The predicted molar refractivity (Wildman–Crippen MR) is 106 cm³/mol. The molecule has 1 atom stereocenters. The first-order chi connectivity index (χ1) is 14.2. The van der Waals surface area contributed by atoms with Gasteiger partial charge in [0.05, 0.1) is 19.6 Å². The molecule has 0 spiro atoms. The summed E-state index contributed by atoms with van der Waals surface area (Å²) in [7, 11) is 1.00. The molecule has 1 heterocycles. The molecular weight excluding hydrogens is 402 g/mol. The van der Waals surface area contributed by atoms with Crippen LogP contribution < -0.4 is 5.73 Å². The largest absolute Gasteiger partial charge is 0.480 e. The van der Waals surface area contributed by atoms with Crippen molar-refractivity contribution in [2.24, 2.45) is 5.73 Å². The van der Waals surface area contributed by atoms with Crippen molar-refractivity contribution in [2.75, 3.05) is 79.1 Å². The lowest BCUT2D eigenvalue weighted by molar-refractivity contribution is -0.144. The van der Waals surface area contributed by atoms with Gasteiger partial charge in [0.1, 0.15) is 6.29 Å². The number of aliphatic hydroxyl groups is 1. The molecule has 0 amide bonds. The summed E-state index contributed by atoms with van der Waals surface area (Å²) in [6, 6.07) is 0. The maximum Gasteiger partial charge on any atom is 0.335 e. The zero-order chi connectivity index (χ0) is 23.1. The number of aliphatic hydroxyl groups excluding tert-OH is 1. The van der Waals surface area contributed by atoms with Crippen LogP contribution in [0.5, 0.6) is 0 Å². The fourth-order valence-corrected chi connectivity index (χ4v) is 2.97. The van der Waals surface area contributed by atoms with Gasteiger partial charge < -0.3 is 31.0 Å². The van der Waals surface area contributed by atoms with E-state index < -0.39 is 24.1 Å². The summed E-state index contributed by atoms with van der Waals surface area (Å²) in [5, 5.41) is 34.4. The van der Waals surface area contributed by atoms with Crippen LogP contribution in [-0.4, -0.2) is 149 Å². The quantitative estimate of drug-likeness (QED) is 0.237. The van der Waals surface area contributed by atoms with Crippen LogP contribution in [0.4, 0.5) is 0 Å². The Morgan fingerprint density at radius 2 is 1.17 bits per heavy atom. The van der Waals surface area contributed by atoms with Crippen LogP contribution in [0, 0.1) is 0 Å². The molecule has 1 unspecified atom stereocenters. The van der Waals surface area contributed by atoms with Gasteiger partial charge in [-0.3, -0.25) is 29.2 Å². The molecule has 0 bridgehead atoms. The van der Waals surface area contributed by atoms with E-state index in [9.17, 15) is 24.3 Å². The Morgan fingerprint density at radius 1 is 0.800 bits per heavy atom. The van der Waals surface area contributed by atoms with Crippen molar-refractivity contribution in [1.29, 1.82) is 0 Å². The van der Waals surface area contributed by atoms with Gasteiger partial charge in [0.25, 0.3) is 0 Å². The van der Waals surface area contributed by atoms with Crippen LogP contribution in [0.1, 0.15) is 0 Å². The highest BCUT2D eigenvalue weighted by Gasteiger charge is 2.24. The molecule has 1 rings (SSSR count). The highest BCUT2D eigenvalue weighted by atomic mass is 16.4. The molecule has 1 fully saturated rings. The van der Waals surface area contributed by atoms with E-state index in [-0.39, 0.29) is 39.3 Å². The van der Waals surface area contributed by atoms with Gasteiger partial charge in [-0.15, -0.1) is 0 Å². The lowest BCUT2D eigenvalue weighted by Crippen LogP contribution is -2.54. The summed E-state index contributed by atoms with van der Waals surface area (Å²) in [5.74, 6) is -3.20. The summed E-state index contributed by atoms with van der Waals surface area (Å²) in [6.45, 7) is 2.30. The van der Waals surface area contributed by atoms with Gasteiger partial charge in [-0.05, 0) is 0 Å². The van der Waals surface area contributed by atoms with Gasteiger partial charge in [0.15, 0.2) is 6.17 Å². The molecule has 1 saturated heterocycles. The average Bonchev–Trinajstić information content (AvgIpc) is 2.68. The summed E-state index contributed by atoms with van der Waals surface area (Å²) in [6.07, 6.45) is -0.500. The molecular formula is C17H33N5O8. The number of aliphatic carboxylic acids is 3. The summed E-state index contributed by atoms with van der Waals surface area (Å²) in [5.41, 5.74) is 5.74. The van der Waals surface area contributed by atoms with Crippen LogP contribution in [-0.2, 0) is 19.2 Å². The summed E-state index contributed by atoms with van der Waals surface area (Å²) in [4.78, 5) is 51.1. The molecule has 0 aliphatic carbocycles. The van der Waals surface area contributed by atoms with Crippen molar-refractivity contribution < 1.29 is 39.6 Å². The van der Waals surface area contributed by atoms with Crippen molar-refractivity contribution in [3.05, 3.63) is 0 Å². The maximum absolute atomic E-state index is 11.3. The smallest absolute Gasteiger partial charge is 0.335 e. The molecule has 6 N–H and O–H groups in total. The van der Waals surface area contributed by atoms with E-state index in [2.05, 4.69) is 0 Å². The Balaban J connectivity index is 0.00000407. The molecule has 0 radical (unpaired) electrons. The molecule has 1 aliphatic rings. The normalized spacial score (nSPS) is 19.4. The predicted octanol–water partition coefficient (Wildman–Crippen LogP) is -3.45. The summed E-state index contributed by atoms with van der Waals surface area (Å²) >= 11 is 0. The van der Waals surface area contributed by atoms with E-state index in [4.69, 9.17) is 21.1 Å². The van der Waals surface area contributed by atoms with Crippen molar-refractivity contribution in [1.82, 2.24) is 19.6 Å². The second-order valence-corrected chi connectivity index (χ2v) is 6.63. The SMILES string of the molecule is CO.NC(C(=O)O)N1CCN(CC=O)CCN(CC(=O)O)CCN(CC(=O)O)CC1. The fraction of sp³-hybridized carbons (Fsp3) is 0.765. The van der Waals surface area contributed by atoms with Crippen LogP contribution in [0.25, 0.3) is 0 Å². The molecule has 30 heavy (non-hydrogen) atoms. The number of rotatable bonds is 8. The van der Waals surface area contributed by atoms with Gasteiger partial charge in [-0.2, -0.15) is 0 Å². The number of carboxylic acids is 3. The first-order valence-corrected chi connectivity index (χ1v) is 9.44. The van der Waals surface area contributed by atoms with Crippen LogP contribution in [0.2, 0.25) is 0 Å². The van der Waals surface area contributed by atoms with Gasteiger partial charge >= 0.3 is 17.9 Å². The monoisotopic (exact) mass is 435 g/mol. The second-order valence-electron chi connectivity index (χ2n) is 6.63. The van der Waals surface area contributed by atoms with Crippen LogP contribution in [0.3, 0.4) is 0 Å². The highest BCUT2D eigenvalue weighted by molar-refractivity contribution is 5.72. The summed E-state index contributed by atoms with van der Waals surface area (Å²) < 4.78 is 0. The molecule has 0 aromatic carbocycles. The molecule has 1 aliphatic heterocycles. The van der Waals surface area contributed by atoms with E-state index in [0.29, 0.717) is 32.7 Å². The number of hydrogen-bond donors (Lipinski definition) is 5. The Bertz CT molecular complexity index is 550. The average molecular weight is 435 g/mol. The fourth-order valence-electron chi connectivity index (χ4n) is 2.97. The third-order valence-corrected chi connectivity index (χ3v) is 4.57. The van der Waals surface area contributed by atoms with E-state index in [1.807, 2.05) is 0 Å². The second kappa shape index (κ2) is 15.6. The first-order valence-electron chi connectivity index (χ1n) is 9.44. The van der Waals surface area contributed by atoms with Gasteiger partial charge in [-0.25, -0.2) is 4.79 Å². The number of hydrogen-bond acceptors (Lipinski definition) is 10. The van der Waals surface area contributed by atoms with Crippen molar-refractivity contribution in [3.63, 3.8) is 0 Å². The van der Waals surface area contributed by atoms with Crippen LogP contribution in [0.15, 0.2) is 0 Å². The van der Waals surface area contributed by atoms with Gasteiger partial charge in [0, 0.05) is 59.5 Å². The number of nitrogens with two attached hydrogens (primary N) is 1. The van der Waals surface area contributed by atoms with E-state index in [0.717, 1.165) is 13.4 Å². The Hall–Kier alpha value is -2.16. The number of carbonyl (C=O) groups is 4. The van der Waals surface area contributed by atoms with Crippen molar-refractivity contribution >= 4 is 24.2 Å². The van der Waals surface area contributed by atoms with Crippen molar-refractivity contribution in [3.8, 4) is 0 Å². The first kappa shape index (κ1) is 27.8. The Morgan fingerprint density at radius 3 is 1.53 bits per heavy atom. The van der Waals surface area contributed by atoms with Gasteiger partial charge in [0.2, 0.25) is 0 Å². The standard InChI is InChI=1S/C16H29N5O7.CH4O/c17-15(16(27)28)21-7-5-18(9-10-22)1-2-19(11-13(23)24)3-4-20(6-8-21)12-14(25)26;1-2/h10,15H,1-9,11-12,17H2,(H,23,24)(H,25,26)(H,27,28);2H,1H3. The number of aldehydes is 1. The third-order valence-electron chi connectivity index (χ3n) is 4.57. The number of carbonyl (C=O) groups excluding carboxylic acids is 1. The lowest BCUT2D eigenvalue weighted by Gasteiger charge is -2.34. The van der Waals surface area contributed by atoms with Crippen LogP contribution >= 0.6 is 0 Å². The molecule has 174 valence electrons. The molecule has 13 nitrogen and oxygen atoms in total. The maximum atomic E-state index is 11.3. The number of carboxylic acid groups (broad SMARTS) is 3. The Kier molecular flexibility index (Phi) is 14.5. The van der Waals surface area contributed by atoms with E-state index >= 15 is 0 Å². The minimum Gasteiger partial charge on any atom is -0.480 e. The number of nitrogens with zero attached hydrogens (tertiary/aromatic N) is 4. The molecule has 0 aromatic heterocycles. The zero-order valence-corrected chi connectivity index (χ0v) is 17.2. The van der Waals surface area contributed by atoms with E-state index in [1.165, 1.54) is 4.90 Å². The highest BCUT2D eigenvalue weighted by Crippen LogP contribution is 2.02. The minimum absolute atomic E-state index is 0.141. The molecule has 13 heteroatoms. The lowest BCUT2D eigenvalue weighted by atomic mass is 10.3. The topological polar surface area (TPSA) is 188 Å². The van der Waals surface area contributed by atoms with E-state index in [1.54, 1.807) is 14.7 Å². The minimum atomic E-state index is -1.24. The third kappa shape index (κ3) is 11.7. The van der Waals surface area contributed by atoms with Crippen molar-refractivity contribution in [2.45, 2.75) is 6.17 Å². The Labute approximate surface area is 175 Å². The van der Waals surface area contributed by atoms with Gasteiger partial charge in [-0.1, -0.05) is 0 Å². The zero-order valence-electron chi connectivity index (χ0n) is 17.2.